The van der Waals surface area contributed by atoms with E-state index in [1.54, 1.807) is 6.07 Å². The van der Waals surface area contributed by atoms with Crippen molar-refractivity contribution in [2.45, 2.75) is 39.7 Å². The third-order valence-electron chi connectivity index (χ3n) is 3.17. The maximum atomic E-state index is 10.3. The van der Waals surface area contributed by atoms with E-state index in [-0.39, 0.29) is 5.41 Å². The Morgan fingerprint density at radius 3 is 2.63 bits per heavy atom. The topological polar surface area (TPSA) is 38.7 Å². The lowest BCUT2D eigenvalue weighted by Crippen LogP contribution is -2.16. The molecule has 3 nitrogen and oxygen atoms in total. The summed E-state index contributed by atoms with van der Waals surface area (Å²) in [6, 6.07) is 3.59. The minimum atomic E-state index is -0.521. The molecule has 1 aliphatic heterocycles. The number of benzene rings is 1. The fourth-order valence-electron chi connectivity index (χ4n) is 2.06. The van der Waals surface area contributed by atoms with E-state index in [9.17, 15) is 5.11 Å². The minimum absolute atomic E-state index is 0.207. The summed E-state index contributed by atoms with van der Waals surface area (Å²) in [6.45, 7) is 7.52. The molecule has 0 bridgehead atoms. The van der Waals surface area contributed by atoms with Gasteiger partial charge < -0.3 is 14.6 Å². The lowest BCUT2D eigenvalue weighted by Gasteiger charge is -2.23. The molecular formula is C15H21ClO3. The largest absolute Gasteiger partial charge is 0.486 e. The number of aliphatic hydroxyl groups excluding tert-OH is 1. The average molecular weight is 285 g/mol. The first-order chi connectivity index (χ1) is 8.87. The van der Waals surface area contributed by atoms with Crippen LogP contribution in [0.1, 0.15) is 45.3 Å². The van der Waals surface area contributed by atoms with Crippen LogP contribution >= 0.6 is 11.6 Å². The highest BCUT2D eigenvalue weighted by Crippen LogP contribution is 2.40. The molecule has 1 N–H and O–H groups in total. The fourth-order valence-corrected chi connectivity index (χ4v) is 2.33. The molecule has 0 spiro atoms. The van der Waals surface area contributed by atoms with Crippen LogP contribution in [0.15, 0.2) is 12.1 Å². The van der Waals surface area contributed by atoms with Crippen LogP contribution in [0.3, 0.4) is 0 Å². The highest BCUT2D eigenvalue weighted by molar-refractivity contribution is 6.32. The summed E-state index contributed by atoms with van der Waals surface area (Å²) >= 11 is 6.17. The predicted octanol–water partition coefficient (Wildman–Crippen LogP) is 3.97. The second kappa shape index (κ2) is 5.59. The van der Waals surface area contributed by atoms with E-state index in [2.05, 4.69) is 20.8 Å². The van der Waals surface area contributed by atoms with E-state index in [1.807, 2.05) is 6.07 Å². The van der Waals surface area contributed by atoms with E-state index in [0.717, 1.165) is 12.0 Å². The standard InChI is InChI=1S/C15H21ClO3/c1-15(2,3)5-4-12(17)10-8-11(16)14-13(9-10)18-6-7-19-14/h8-9,12,17H,4-7H2,1-3H3. The molecule has 1 unspecified atom stereocenters. The van der Waals surface area contributed by atoms with Crippen molar-refractivity contribution >= 4 is 11.6 Å². The Kier molecular flexibility index (Phi) is 4.26. The number of aliphatic hydroxyl groups is 1. The Labute approximate surface area is 119 Å². The molecule has 0 saturated heterocycles. The Balaban J connectivity index is 2.14. The van der Waals surface area contributed by atoms with Gasteiger partial charge in [0.2, 0.25) is 0 Å². The first kappa shape index (κ1) is 14.5. The molecule has 1 aromatic rings. The Bertz CT molecular complexity index is 451. The van der Waals surface area contributed by atoms with Crippen LogP contribution < -0.4 is 9.47 Å². The number of hydrogen-bond acceptors (Lipinski definition) is 3. The Morgan fingerprint density at radius 1 is 1.26 bits per heavy atom. The summed E-state index contributed by atoms with van der Waals surface area (Å²) in [4.78, 5) is 0. The van der Waals surface area contributed by atoms with Gasteiger partial charge in [-0.15, -0.1) is 0 Å². The summed E-state index contributed by atoms with van der Waals surface area (Å²) in [7, 11) is 0. The number of ether oxygens (including phenoxy) is 2. The van der Waals surface area contributed by atoms with Gasteiger partial charge in [-0.25, -0.2) is 0 Å². The average Bonchev–Trinajstić information content (AvgIpc) is 2.35. The van der Waals surface area contributed by atoms with Crippen molar-refractivity contribution in [3.8, 4) is 11.5 Å². The van der Waals surface area contributed by atoms with Crippen LogP contribution in [0.25, 0.3) is 0 Å². The predicted molar refractivity (Wildman–Crippen MR) is 76.1 cm³/mol. The van der Waals surface area contributed by atoms with E-state index in [4.69, 9.17) is 21.1 Å². The second-order valence-electron chi connectivity index (χ2n) is 6.14. The van der Waals surface area contributed by atoms with Crippen LogP contribution in [0.4, 0.5) is 0 Å². The molecule has 1 aromatic carbocycles. The van der Waals surface area contributed by atoms with Crippen molar-refractivity contribution in [1.29, 1.82) is 0 Å². The molecule has 0 aliphatic carbocycles. The fraction of sp³-hybridized carbons (Fsp3) is 0.600. The molecule has 0 radical (unpaired) electrons. The highest BCUT2D eigenvalue weighted by Gasteiger charge is 2.20. The quantitative estimate of drug-likeness (QED) is 0.913. The monoisotopic (exact) mass is 284 g/mol. The van der Waals surface area contributed by atoms with Gasteiger partial charge in [0.1, 0.15) is 13.2 Å². The Hall–Kier alpha value is -0.930. The number of rotatable bonds is 3. The molecule has 1 atom stereocenters. The molecule has 4 heteroatoms. The number of halogens is 1. The van der Waals surface area contributed by atoms with Crippen LogP contribution in [-0.4, -0.2) is 18.3 Å². The van der Waals surface area contributed by atoms with Gasteiger partial charge in [-0.2, -0.15) is 0 Å². The van der Waals surface area contributed by atoms with Gasteiger partial charge in [0, 0.05) is 0 Å². The third kappa shape index (κ3) is 3.77. The molecule has 106 valence electrons. The summed E-state index contributed by atoms with van der Waals surface area (Å²) < 4.78 is 11.0. The summed E-state index contributed by atoms with van der Waals surface area (Å²) in [5.74, 6) is 1.21. The van der Waals surface area contributed by atoms with Gasteiger partial charge in [-0.1, -0.05) is 32.4 Å². The molecule has 0 amide bonds. The number of fused-ring (bicyclic) bond motifs is 1. The molecule has 0 aromatic heterocycles. The molecule has 1 aliphatic rings. The number of hydrogen-bond donors (Lipinski definition) is 1. The van der Waals surface area contributed by atoms with E-state index in [0.29, 0.717) is 36.2 Å². The van der Waals surface area contributed by atoms with Crippen molar-refractivity contribution in [3.05, 3.63) is 22.7 Å². The highest BCUT2D eigenvalue weighted by atomic mass is 35.5. The molecule has 0 fully saturated rings. The Morgan fingerprint density at radius 2 is 1.95 bits per heavy atom. The van der Waals surface area contributed by atoms with Gasteiger partial charge in [0.05, 0.1) is 11.1 Å². The zero-order valence-corrected chi connectivity index (χ0v) is 12.5. The van der Waals surface area contributed by atoms with Crippen molar-refractivity contribution < 1.29 is 14.6 Å². The summed E-state index contributed by atoms with van der Waals surface area (Å²) in [6.07, 6.45) is 1.13. The molecular weight excluding hydrogens is 264 g/mol. The minimum Gasteiger partial charge on any atom is -0.486 e. The molecule has 0 saturated carbocycles. The second-order valence-corrected chi connectivity index (χ2v) is 6.55. The zero-order valence-electron chi connectivity index (χ0n) is 11.7. The third-order valence-corrected chi connectivity index (χ3v) is 3.45. The van der Waals surface area contributed by atoms with Gasteiger partial charge in [-0.05, 0) is 36.0 Å². The van der Waals surface area contributed by atoms with Crippen LogP contribution in [0, 0.1) is 5.41 Å². The van der Waals surface area contributed by atoms with Crippen LogP contribution in [0.2, 0.25) is 5.02 Å². The first-order valence-corrected chi connectivity index (χ1v) is 7.02. The maximum absolute atomic E-state index is 10.3. The molecule has 2 rings (SSSR count). The molecule has 1 heterocycles. The van der Waals surface area contributed by atoms with Crippen LogP contribution in [0.5, 0.6) is 11.5 Å². The zero-order chi connectivity index (χ0) is 14.0. The maximum Gasteiger partial charge on any atom is 0.179 e. The van der Waals surface area contributed by atoms with E-state index >= 15 is 0 Å². The van der Waals surface area contributed by atoms with Gasteiger partial charge >= 0.3 is 0 Å². The van der Waals surface area contributed by atoms with E-state index < -0.39 is 6.10 Å². The lowest BCUT2D eigenvalue weighted by atomic mass is 9.88. The normalized spacial score (nSPS) is 16.3. The van der Waals surface area contributed by atoms with E-state index in [1.165, 1.54) is 0 Å². The van der Waals surface area contributed by atoms with Crippen molar-refractivity contribution in [3.63, 3.8) is 0 Å². The smallest absolute Gasteiger partial charge is 0.179 e. The lowest BCUT2D eigenvalue weighted by molar-refractivity contribution is 0.144. The SMILES string of the molecule is CC(C)(C)CCC(O)c1cc(Cl)c2c(c1)OCCO2. The van der Waals surface area contributed by atoms with Gasteiger partial charge in [-0.3, -0.25) is 0 Å². The van der Waals surface area contributed by atoms with Gasteiger partial charge in [0.15, 0.2) is 11.5 Å². The van der Waals surface area contributed by atoms with Crippen molar-refractivity contribution in [2.75, 3.05) is 13.2 Å². The van der Waals surface area contributed by atoms with Crippen LogP contribution in [-0.2, 0) is 0 Å². The van der Waals surface area contributed by atoms with Gasteiger partial charge in [0.25, 0.3) is 0 Å². The first-order valence-electron chi connectivity index (χ1n) is 6.64. The molecule has 19 heavy (non-hydrogen) atoms. The summed E-state index contributed by atoms with van der Waals surface area (Å²) in [5, 5.41) is 10.8. The van der Waals surface area contributed by atoms with Crippen molar-refractivity contribution in [1.82, 2.24) is 0 Å². The summed E-state index contributed by atoms with van der Waals surface area (Å²) in [5.41, 5.74) is 0.997. The van der Waals surface area contributed by atoms with Crippen molar-refractivity contribution in [2.24, 2.45) is 5.41 Å².